The Labute approximate surface area is 75.0 Å². The summed E-state index contributed by atoms with van der Waals surface area (Å²) in [4.78, 5) is 0. The molecular formula is C12H16. The second-order valence-corrected chi connectivity index (χ2v) is 3.52. The van der Waals surface area contributed by atoms with Crippen molar-refractivity contribution in [2.75, 3.05) is 0 Å². The van der Waals surface area contributed by atoms with Gasteiger partial charge < -0.3 is 0 Å². The molecule has 0 aliphatic heterocycles. The molecule has 0 spiro atoms. The smallest absolute Gasteiger partial charge is 0.00647 e. The van der Waals surface area contributed by atoms with E-state index in [0.29, 0.717) is 11.8 Å². The van der Waals surface area contributed by atoms with Gasteiger partial charge in [0.05, 0.1) is 0 Å². The molecule has 0 fully saturated rings. The molecule has 1 aliphatic carbocycles. The molecule has 0 amide bonds. The van der Waals surface area contributed by atoms with Crippen molar-refractivity contribution in [1.29, 1.82) is 0 Å². The van der Waals surface area contributed by atoms with Gasteiger partial charge in [-0.1, -0.05) is 37.5 Å². The summed E-state index contributed by atoms with van der Waals surface area (Å²) in [5.74, 6) is 1.16. The van der Waals surface area contributed by atoms with E-state index in [-0.39, 0.29) is 0 Å². The first-order chi connectivity index (χ1) is 5.75. The van der Waals surface area contributed by atoms with Gasteiger partial charge in [-0.05, 0) is 30.9 Å². The van der Waals surface area contributed by atoms with Crippen LogP contribution in [0, 0.1) is 11.8 Å². The zero-order valence-electron chi connectivity index (χ0n) is 7.93. The minimum atomic E-state index is 0.562. The maximum Gasteiger partial charge on any atom is 0.00647 e. The molecule has 64 valence electrons. The van der Waals surface area contributed by atoms with Crippen LogP contribution in [0.2, 0.25) is 0 Å². The maximum absolute atomic E-state index is 3.57. The molecule has 1 unspecified atom stereocenters. The van der Waals surface area contributed by atoms with Crippen LogP contribution in [0.1, 0.15) is 26.7 Å². The van der Waals surface area contributed by atoms with Crippen molar-refractivity contribution in [3.05, 3.63) is 35.8 Å². The number of hydrogen-bond donors (Lipinski definition) is 0. The molecule has 0 aromatic rings. The van der Waals surface area contributed by atoms with Crippen molar-refractivity contribution < 1.29 is 0 Å². The van der Waals surface area contributed by atoms with Crippen LogP contribution in [0.5, 0.6) is 0 Å². The summed E-state index contributed by atoms with van der Waals surface area (Å²) in [6, 6.07) is 0. The molecule has 0 heterocycles. The average molecular weight is 160 g/mol. The molecule has 0 aromatic heterocycles. The summed E-state index contributed by atoms with van der Waals surface area (Å²) in [7, 11) is 0. The minimum absolute atomic E-state index is 0.562. The Balaban J connectivity index is 2.87. The van der Waals surface area contributed by atoms with Crippen LogP contribution in [0.4, 0.5) is 0 Å². The van der Waals surface area contributed by atoms with Gasteiger partial charge in [0, 0.05) is 5.92 Å². The number of rotatable bonds is 2. The lowest BCUT2D eigenvalue weighted by Crippen LogP contribution is -2.03. The summed E-state index contributed by atoms with van der Waals surface area (Å²) < 4.78 is 0. The van der Waals surface area contributed by atoms with E-state index in [1.54, 1.807) is 0 Å². The molecule has 0 nitrogen and oxygen atoms in total. The SMILES string of the molecule is C=C=C=C(C(C)C)C1C=CCC1. The van der Waals surface area contributed by atoms with Gasteiger partial charge in [-0.25, -0.2) is 0 Å². The highest BCUT2D eigenvalue weighted by Gasteiger charge is 2.16. The van der Waals surface area contributed by atoms with E-state index in [9.17, 15) is 0 Å². The third-order valence-corrected chi connectivity index (χ3v) is 2.27. The topological polar surface area (TPSA) is 0 Å². The van der Waals surface area contributed by atoms with E-state index < -0.39 is 0 Å². The van der Waals surface area contributed by atoms with E-state index >= 15 is 0 Å². The molecule has 0 heteroatoms. The number of hydrogen-bond acceptors (Lipinski definition) is 0. The van der Waals surface area contributed by atoms with E-state index in [1.807, 2.05) is 0 Å². The van der Waals surface area contributed by atoms with Gasteiger partial charge in [0.15, 0.2) is 0 Å². The highest BCUT2D eigenvalue weighted by atomic mass is 14.2. The van der Waals surface area contributed by atoms with Gasteiger partial charge in [0.2, 0.25) is 0 Å². The Kier molecular flexibility index (Phi) is 3.17. The van der Waals surface area contributed by atoms with Crippen molar-refractivity contribution in [2.45, 2.75) is 26.7 Å². The maximum atomic E-state index is 3.57. The molecule has 12 heavy (non-hydrogen) atoms. The van der Waals surface area contributed by atoms with E-state index in [0.717, 1.165) is 0 Å². The summed E-state index contributed by atoms with van der Waals surface area (Å²) in [5.41, 5.74) is 7.23. The lowest BCUT2D eigenvalue weighted by molar-refractivity contribution is 0.619. The number of allylic oxidation sites excluding steroid dienone is 3. The van der Waals surface area contributed by atoms with Gasteiger partial charge in [0.25, 0.3) is 0 Å². The summed E-state index contributed by atoms with van der Waals surface area (Å²) in [6.07, 6.45) is 6.97. The van der Waals surface area contributed by atoms with Crippen molar-refractivity contribution in [2.24, 2.45) is 11.8 Å². The predicted molar refractivity (Wildman–Crippen MR) is 52.9 cm³/mol. The molecular weight excluding hydrogens is 144 g/mol. The Hall–Kier alpha value is -0.960. The molecule has 0 aromatic carbocycles. The molecule has 0 saturated carbocycles. The second-order valence-electron chi connectivity index (χ2n) is 3.52. The van der Waals surface area contributed by atoms with Crippen LogP contribution in [-0.2, 0) is 0 Å². The van der Waals surface area contributed by atoms with Gasteiger partial charge in [0.1, 0.15) is 0 Å². The first-order valence-electron chi connectivity index (χ1n) is 4.57. The quantitative estimate of drug-likeness (QED) is 0.428. The lowest BCUT2D eigenvalue weighted by Gasteiger charge is -2.13. The lowest BCUT2D eigenvalue weighted by atomic mass is 9.90. The molecule has 0 radical (unpaired) electrons. The molecule has 1 aliphatic rings. The fourth-order valence-corrected chi connectivity index (χ4v) is 1.66. The molecule has 1 rings (SSSR count). The van der Waals surface area contributed by atoms with Crippen LogP contribution < -0.4 is 0 Å². The van der Waals surface area contributed by atoms with Crippen molar-refractivity contribution in [3.8, 4) is 0 Å². The van der Waals surface area contributed by atoms with Crippen molar-refractivity contribution >= 4 is 0 Å². The Morgan fingerprint density at radius 2 is 2.33 bits per heavy atom. The van der Waals surface area contributed by atoms with Gasteiger partial charge in [-0.3, -0.25) is 0 Å². The standard InChI is InChI=1S/C12H16/c1-4-7-12(10(2)3)11-8-5-6-9-11/h5,8,10-11H,1,6,9H2,2-3H3. The van der Waals surface area contributed by atoms with E-state index in [1.165, 1.54) is 18.4 Å². The van der Waals surface area contributed by atoms with Crippen LogP contribution in [0.25, 0.3) is 0 Å². The van der Waals surface area contributed by atoms with E-state index in [2.05, 4.69) is 44.0 Å². The van der Waals surface area contributed by atoms with E-state index in [4.69, 9.17) is 0 Å². The molecule has 0 N–H and O–H groups in total. The largest absolute Gasteiger partial charge is 0.0879 e. The fraction of sp³-hybridized carbons (Fsp3) is 0.500. The Morgan fingerprint density at radius 1 is 1.58 bits per heavy atom. The summed E-state index contributed by atoms with van der Waals surface area (Å²) in [6.45, 7) is 7.97. The van der Waals surface area contributed by atoms with Gasteiger partial charge in [-0.15, -0.1) is 0 Å². The monoisotopic (exact) mass is 160 g/mol. The van der Waals surface area contributed by atoms with Crippen molar-refractivity contribution in [1.82, 2.24) is 0 Å². The predicted octanol–water partition coefficient (Wildman–Crippen LogP) is 3.48. The average Bonchev–Trinajstić information content (AvgIpc) is 2.51. The van der Waals surface area contributed by atoms with Crippen LogP contribution in [0.15, 0.2) is 35.8 Å². The first kappa shape index (κ1) is 9.13. The highest BCUT2D eigenvalue weighted by Crippen LogP contribution is 2.28. The molecule has 0 bridgehead atoms. The second kappa shape index (κ2) is 4.16. The van der Waals surface area contributed by atoms with Crippen LogP contribution >= 0.6 is 0 Å². The Bertz CT molecular complexity index is 256. The minimum Gasteiger partial charge on any atom is -0.0879 e. The third kappa shape index (κ3) is 2.01. The molecule has 1 atom stereocenters. The third-order valence-electron chi connectivity index (χ3n) is 2.27. The normalized spacial score (nSPS) is 20.8. The molecule has 0 saturated heterocycles. The zero-order valence-corrected chi connectivity index (χ0v) is 7.93. The van der Waals surface area contributed by atoms with Crippen molar-refractivity contribution in [3.63, 3.8) is 0 Å². The first-order valence-corrected chi connectivity index (χ1v) is 4.57. The fourth-order valence-electron chi connectivity index (χ4n) is 1.66. The Morgan fingerprint density at radius 3 is 2.75 bits per heavy atom. The highest BCUT2D eigenvalue weighted by molar-refractivity contribution is 5.17. The summed E-state index contributed by atoms with van der Waals surface area (Å²) >= 11 is 0. The zero-order chi connectivity index (χ0) is 8.97. The van der Waals surface area contributed by atoms with Crippen LogP contribution in [0.3, 0.4) is 0 Å². The van der Waals surface area contributed by atoms with Crippen LogP contribution in [-0.4, -0.2) is 0 Å². The van der Waals surface area contributed by atoms with Gasteiger partial charge in [-0.2, -0.15) is 0 Å². The van der Waals surface area contributed by atoms with Gasteiger partial charge >= 0.3 is 0 Å². The summed E-state index contributed by atoms with van der Waals surface area (Å²) in [5, 5.41) is 0.